The molecule has 0 amide bonds. The second-order valence-corrected chi connectivity index (χ2v) is 6.06. The summed E-state index contributed by atoms with van der Waals surface area (Å²) in [5, 5.41) is 13.3. The predicted molar refractivity (Wildman–Crippen MR) is 84.5 cm³/mol. The van der Waals surface area contributed by atoms with Gasteiger partial charge in [0.25, 0.3) is 0 Å². The van der Waals surface area contributed by atoms with Crippen molar-refractivity contribution in [3.8, 4) is 5.75 Å². The van der Waals surface area contributed by atoms with Crippen molar-refractivity contribution >= 4 is 0 Å². The van der Waals surface area contributed by atoms with Gasteiger partial charge in [-0.1, -0.05) is 26.0 Å². The molecule has 1 aromatic carbocycles. The number of aryl methyl sites for hydroxylation is 2. The Labute approximate surface area is 123 Å². The molecule has 2 atom stereocenters. The largest absolute Gasteiger partial charge is 0.490 e. The highest BCUT2D eigenvalue weighted by Crippen LogP contribution is 2.25. The highest BCUT2D eigenvalue weighted by Gasteiger charge is 2.12. The average Bonchev–Trinajstić information content (AvgIpc) is 2.40. The fourth-order valence-corrected chi connectivity index (χ4v) is 1.94. The lowest BCUT2D eigenvalue weighted by Gasteiger charge is -2.21. The van der Waals surface area contributed by atoms with Crippen LogP contribution in [0.4, 0.5) is 0 Å². The molecule has 1 rings (SSSR count). The summed E-state index contributed by atoms with van der Waals surface area (Å²) in [7, 11) is 0. The van der Waals surface area contributed by atoms with Crippen molar-refractivity contribution < 1.29 is 9.84 Å². The van der Waals surface area contributed by atoms with Crippen molar-refractivity contribution in [3.05, 3.63) is 28.8 Å². The number of rotatable bonds is 7. The Bertz CT molecular complexity index is 429. The topological polar surface area (TPSA) is 41.5 Å². The third-order valence-electron chi connectivity index (χ3n) is 3.97. The van der Waals surface area contributed by atoms with Crippen LogP contribution in [0, 0.1) is 26.7 Å². The Hall–Kier alpha value is -1.06. The van der Waals surface area contributed by atoms with Crippen LogP contribution >= 0.6 is 0 Å². The molecule has 0 aliphatic heterocycles. The van der Waals surface area contributed by atoms with Gasteiger partial charge in [-0.15, -0.1) is 0 Å². The van der Waals surface area contributed by atoms with Gasteiger partial charge in [0.2, 0.25) is 0 Å². The summed E-state index contributed by atoms with van der Waals surface area (Å²) >= 11 is 0. The molecule has 20 heavy (non-hydrogen) atoms. The van der Waals surface area contributed by atoms with Gasteiger partial charge in [-0.05, 0) is 50.3 Å². The zero-order chi connectivity index (χ0) is 15.3. The smallest absolute Gasteiger partial charge is 0.125 e. The van der Waals surface area contributed by atoms with E-state index in [0.29, 0.717) is 25.1 Å². The average molecular weight is 279 g/mol. The summed E-state index contributed by atoms with van der Waals surface area (Å²) in [4.78, 5) is 0. The van der Waals surface area contributed by atoms with E-state index in [0.717, 1.165) is 16.9 Å². The van der Waals surface area contributed by atoms with E-state index in [9.17, 15) is 5.11 Å². The monoisotopic (exact) mass is 279 g/mol. The summed E-state index contributed by atoms with van der Waals surface area (Å²) < 4.78 is 5.81. The van der Waals surface area contributed by atoms with Gasteiger partial charge in [-0.3, -0.25) is 0 Å². The quantitative estimate of drug-likeness (QED) is 0.806. The Morgan fingerprint density at radius 3 is 2.30 bits per heavy atom. The summed E-state index contributed by atoms with van der Waals surface area (Å²) in [5.74, 6) is 1.46. The molecule has 0 saturated carbocycles. The highest BCUT2D eigenvalue weighted by molar-refractivity contribution is 5.44. The van der Waals surface area contributed by atoms with E-state index in [2.05, 4.69) is 52.1 Å². The molecule has 1 aromatic rings. The number of hydrogen-bond acceptors (Lipinski definition) is 3. The van der Waals surface area contributed by atoms with Crippen molar-refractivity contribution in [2.45, 2.75) is 53.7 Å². The molecule has 3 nitrogen and oxygen atoms in total. The predicted octanol–water partition coefficient (Wildman–Crippen LogP) is 2.99. The van der Waals surface area contributed by atoms with Crippen LogP contribution in [0.3, 0.4) is 0 Å². The first-order chi connectivity index (χ1) is 9.32. The van der Waals surface area contributed by atoms with Gasteiger partial charge in [0, 0.05) is 12.6 Å². The molecule has 2 N–H and O–H groups in total. The third-order valence-corrected chi connectivity index (χ3v) is 3.97. The number of aliphatic hydroxyl groups excluding tert-OH is 1. The van der Waals surface area contributed by atoms with Gasteiger partial charge >= 0.3 is 0 Å². The molecule has 0 spiro atoms. The van der Waals surface area contributed by atoms with Crippen LogP contribution in [0.1, 0.15) is 37.5 Å². The van der Waals surface area contributed by atoms with Crippen molar-refractivity contribution in [1.82, 2.24) is 5.32 Å². The lowest BCUT2D eigenvalue weighted by molar-refractivity contribution is 0.102. The maximum atomic E-state index is 10.0. The van der Waals surface area contributed by atoms with Crippen LogP contribution in [-0.4, -0.2) is 30.4 Å². The van der Waals surface area contributed by atoms with E-state index in [4.69, 9.17) is 4.74 Å². The number of benzene rings is 1. The summed E-state index contributed by atoms with van der Waals surface area (Å²) in [6, 6.07) is 4.55. The fourth-order valence-electron chi connectivity index (χ4n) is 1.94. The summed E-state index contributed by atoms with van der Waals surface area (Å²) in [6.07, 6.45) is -0.490. The number of ether oxygens (including phenoxy) is 1. The number of aliphatic hydroxyl groups is 1. The molecular weight excluding hydrogens is 250 g/mol. The molecule has 0 fully saturated rings. The van der Waals surface area contributed by atoms with Crippen molar-refractivity contribution in [2.24, 2.45) is 5.92 Å². The normalized spacial score (nSPS) is 14.4. The first-order valence-electron chi connectivity index (χ1n) is 7.44. The van der Waals surface area contributed by atoms with Gasteiger partial charge in [-0.2, -0.15) is 0 Å². The van der Waals surface area contributed by atoms with E-state index in [-0.39, 0.29) is 0 Å². The molecule has 0 radical (unpaired) electrons. The maximum absolute atomic E-state index is 10.0. The van der Waals surface area contributed by atoms with E-state index in [1.54, 1.807) is 0 Å². The maximum Gasteiger partial charge on any atom is 0.125 e. The Kier molecular flexibility index (Phi) is 6.50. The fraction of sp³-hybridized carbons (Fsp3) is 0.647. The van der Waals surface area contributed by atoms with Gasteiger partial charge < -0.3 is 15.2 Å². The van der Waals surface area contributed by atoms with Crippen molar-refractivity contribution in [3.63, 3.8) is 0 Å². The van der Waals surface area contributed by atoms with Crippen LogP contribution in [-0.2, 0) is 0 Å². The van der Waals surface area contributed by atoms with Gasteiger partial charge in [-0.25, -0.2) is 0 Å². The third kappa shape index (κ3) is 4.80. The lowest BCUT2D eigenvalue weighted by atomic mass is 10.1. The molecule has 0 aliphatic rings. The molecule has 3 heteroatoms. The number of hydrogen-bond donors (Lipinski definition) is 2. The minimum absolute atomic E-state index is 0.322. The van der Waals surface area contributed by atoms with E-state index in [1.807, 2.05) is 6.92 Å². The molecular formula is C17H29NO2. The van der Waals surface area contributed by atoms with Gasteiger partial charge in [0.05, 0.1) is 0 Å². The van der Waals surface area contributed by atoms with Gasteiger partial charge in [0.1, 0.15) is 18.5 Å². The standard InChI is InChI=1S/C17H29NO2/c1-11(2)15(6)18-9-16(19)10-20-17-13(4)8-7-12(3)14(17)5/h7-8,11,15-16,18-19H,9-10H2,1-6H3/t15-,16-/m1/s1. The molecule has 0 bridgehead atoms. The van der Waals surface area contributed by atoms with Crippen LogP contribution in [0.2, 0.25) is 0 Å². The Balaban J connectivity index is 2.49. The second kappa shape index (κ2) is 7.65. The molecule has 0 aliphatic carbocycles. The van der Waals surface area contributed by atoms with Gasteiger partial charge in [0.15, 0.2) is 0 Å². The zero-order valence-electron chi connectivity index (χ0n) is 13.7. The van der Waals surface area contributed by atoms with Crippen molar-refractivity contribution in [1.29, 1.82) is 0 Å². The second-order valence-electron chi connectivity index (χ2n) is 6.06. The zero-order valence-corrected chi connectivity index (χ0v) is 13.7. The highest BCUT2D eigenvalue weighted by atomic mass is 16.5. The first kappa shape index (κ1) is 17.0. The Morgan fingerprint density at radius 1 is 1.10 bits per heavy atom. The van der Waals surface area contributed by atoms with Crippen molar-refractivity contribution in [2.75, 3.05) is 13.2 Å². The van der Waals surface area contributed by atoms with Crippen LogP contribution < -0.4 is 10.1 Å². The first-order valence-corrected chi connectivity index (χ1v) is 7.44. The Morgan fingerprint density at radius 2 is 1.70 bits per heavy atom. The van der Waals surface area contributed by atoms with E-state index >= 15 is 0 Å². The molecule has 0 aromatic heterocycles. The SMILES string of the molecule is Cc1ccc(C)c(OC[C@H](O)CN[C@H](C)C(C)C)c1C. The molecule has 0 saturated heterocycles. The van der Waals surface area contributed by atoms with Crippen LogP contribution in [0.15, 0.2) is 12.1 Å². The van der Waals surface area contributed by atoms with E-state index in [1.165, 1.54) is 5.56 Å². The number of nitrogens with one attached hydrogen (secondary N) is 1. The lowest BCUT2D eigenvalue weighted by Crippen LogP contribution is -2.39. The van der Waals surface area contributed by atoms with Crippen LogP contribution in [0.25, 0.3) is 0 Å². The molecule has 0 unspecified atom stereocenters. The minimum atomic E-state index is -0.490. The van der Waals surface area contributed by atoms with Crippen LogP contribution in [0.5, 0.6) is 5.75 Å². The summed E-state index contributed by atoms with van der Waals surface area (Å²) in [5.41, 5.74) is 3.48. The summed E-state index contributed by atoms with van der Waals surface area (Å²) in [6.45, 7) is 13.5. The van der Waals surface area contributed by atoms with E-state index < -0.39 is 6.10 Å². The minimum Gasteiger partial charge on any atom is -0.490 e. The molecule has 0 heterocycles. The molecule has 114 valence electrons.